The van der Waals surface area contributed by atoms with Crippen molar-refractivity contribution in [2.45, 2.75) is 353 Å². The average Bonchev–Trinajstić information content (AvgIpc) is 3.39. The van der Waals surface area contributed by atoms with Crippen LogP contribution in [0.15, 0.2) is 36.5 Å². The normalized spacial score (nSPS) is 13.9. The maximum atomic E-state index is 13.0. The summed E-state index contributed by atoms with van der Waals surface area (Å²) in [5.74, 6) is -0.204. The zero-order valence-electron chi connectivity index (χ0n) is 52.2. The van der Waals surface area contributed by atoms with Gasteiger partial charge < -0.3 is 28.8 Å². The number of allylic oxidation sites excluding steroid dienone is 5. The second kappa shape index (κ2) is 59.3. The van der Waals surface area contributed by atoms with Gasteiger partial charge in [0.25, 0.3) is 7.82 Å². The molecule has 0 aromatic carbocycles. The molecule has 0 aliphatic carbocycles. The van der Waals surface area contributed by atoms with Crippen molar-refractivity contribution in [1.82, 2.24) is 5.32 Å². The largest absolute Gasteiger partial charge is 0.756 e. The number of aliphatic hydroxyl groups excluding tert-OH is 1. The highest BCUT2D eigenvalue weighted by atomic mass is 31.2. The number of amides is 1. The zero-order valence-corrected chi connectivity index (χ0v) is 53.1. The molecule has 0 saturated heterocycles. The number of hydrogen-bond acceptors (Lipinski definition) is 6. The maximum Gasteiger partial charge on any atom is 0.268 e. The van der Waals surface area contributed by atoms with E-state index in [2.05, 4.69) is 43.5 Å². The van der Waals surface area contributed by atoms with Crippen LogP contribution in [-0.2, 0) is 18.4 Å². The van der Waals surface area contributed by atoms with E-state index in [1.807, 2.05) is 27.2 Å². The molecule has 3 unspecified atom stereocenters. The topological polar surface area (TPSA) is 108 Å². The summed E-state index contributed by atoms with van der Waals surface area (Å²) in [5, 5.41) is 13.9. The molecular weight excluding hydrogens is 972 g/mol. The molecule has 0 heterocycles. The molecule has 0 spiro atoms. The summed E-state index contributed by atoms with van der Waals surface area (Å²) in [6.07, 6.45) is 78.4. The number of quaternary nitrogens is 1. The standard InChI is InChI=1S/C68H133N2O6P/c1-6-8-10-12-14-16-18-20-22-24-26-28-30-32-33-34-35-36-37-38-40-42-44-46-48-50-52-54-56-58-60-62-68(72)69-66(65-76-77(73,74)75-64-63-70(3,4)5)67(71)61-59-57-55-53-51-49-47-45-43-41-39-31-29-27-25-23-21-19-17-15-13-11-9-7-2/h43,45,51,53,59,61,66-67,71H,6-42,44,46-50,52,54-58,60,62-65H2,1-5H3,(H-,69,72,73,74)/b45-43+,53-51+,61-59+. The van der Waals surface area contributed by atoms with Gasteiger partial charge in [0.2, 0.25) is 5.91 Å². The van der Waals surface area contributed by atoms with E-state index in [-0.39, 0.29) is 12.5 Å². The van der Waals surface area contributed by atoms with Gasteiger partial charge in [-0.1, -0.05) is 326 Å². The number of carbonyl (C=O) groups is 1. The highest BCUT2D eigenvalue weighted by molar-refractivity contribution is 7.45. The Bertz CT molecular complexity index is 1350. The monoisotopic (exact) mass is 1100 g/mol. The Kier molecular flexibility index (Phi) is 58.4. The van der Waals surface area contributed by atoms with Gasteiger partial charge in [-0.3, -0.25) is 9.36 Å². The number of aliphatic hydroxyl groups is 1. The van der Waals surface area contributed by atoms with Crippen molar-refractivity contribution in [3.8, 4) is 0 Å². The summed E-state index contributed by atoms with van der Waals surface area (Å²) >= 11 is 0. The van der Waals surface area contributed by atoms with Gasteiger partial charge in [-0.25, -0.2) is 0 Å². The molecule has 9 heteroatoms. The zero-order chi connectivity index (χ0) is 56.3. The summed E-state index contributed by atoms with van der Waals surface area (Å²) in [5.41, 5.74) is 0. The summed E-state index contributed by atoms with van der Waals surface area (Å²) in [4.78, 5) is 25.6. The maximum absolute atomic E-state index is 13.0. The minimum absolute atomic E-state index is 0.00714. The molecule has 1 amide bonds. The Hall–Kier alpha value is -1.28. The van der Waals surface area contributed by atoms with E-state index in [9.17, 15) is 19.4 Å². The molecule has 0 aromatic rings. The van der Waals surface area contributed by atoms with Crippen LogP contribution in [0.1, 0.15) is 341 Å². The van der Waals surface area contributed by atoms with Gasteiger partial charge in [0.05, 0.1) is 39.9 Å². The van der Waals surface area contributed by atoms with E-state index in [1.54, 1.807) is 6.08 Å². The van der Waals surface area contributed by atoms with Crippen LogP contribution in [0.25, 0.3) is 0 Å². The van der Waals surface area contributed by atoms with Crippen LogP contribution in [0.4, 0.5) is 0 Å². The van der Waals surface area contributed by atoms with E-state index < -0.39 is 26.6 Å². The Morgan fingerprint density at radius 1 is 0.442 bits per heavy atom. The lowest BCUT2D eigenvalue weighted by atomic mass is 10.0. The first kappa shape index (κ1) is 75.7. The molecular formula is C68H133N2O6P. The predicted molar refractivity (Wildman–Crippen MR) is 335 cm³/mol. The summed E-state index contributed by atoms with van der Waals surface area (Å²) in [6, 6.07) is -0.909. The Morgan fingerprint density at radius 3 is 1.05 bits per heavy atom. The van der Waals surface area contributed by atoms with Gasteiger partial charge in [-0.15, -0.1) is 0 Å². The third-order valence-corrected chi connectivity index (χ3v) is 16.5. The molecule has 0 aromatic heterocycles. The van der Waals surface area contributed by atoms with E-state index in [4.69, 9.17) is 9.05 Å². The van der Waals surface area contributed by atoms with Gasteiger partial charge in [0.1, 0.15) is 13.2 Å². The SMILES string of the molecule is CCCCCCCCCCCCCCCC/C=C/CC/C=C/CC/C=C/C(O)C(COP(=O)([O-])OCC[N+](C)(C)C)NC(=O)CCCCCCCCCCCCCCCCCCCCCCCCCCCCCCCCC. The lowest BCUT2D eigenvalue weighted by Gasteiger charge is -2.29. The number of hydrogen-bond donors (Lipinski definition) is 2. The van der Waals surface area contributed by atoms with Gasteiger partial charge in [-0.2, -0.15) is 0 Å². The van der Waals surface area contributed by atoms with Crippen molar-refractivity contribution in [3.05, 3.63) is 36.5 Å². The molecule has 8 nitrogen and oxygen atoms in total. The highest BCUT2D eigenvalue weighted by Crippen LogP contribution is 2.38. The number of nitrogens with zero attached hydrogens (tertiary/aromatic N) is 1. The third kappa shape index (κ3) is 62.2. The van der Waals surface area contributed by atoms with E-state index in [0.29, 0.717) is 17.4 Å². The van der Waals surface area contributed by atoms with Crippen LogP contribution >= 0.6 is 7.82 Å². The average molecular weight is 1110 g/mol. The number of phosphoric ester groups is 1. The fourth-order valence-electron chi connectivity index (χ4n) is 10.3. The van der Waals surface area contributed by atoms with E-state index in [0.717, 1.165) is 44.9 Å². The van der Waals surface area contributed by atoms with Gasteiger partial charge in [0, 0.05) is 6.42 Å². The second-order valence-corrected chi connectivity index (χ2v) is 25.9. The van der Waals surface area contributed by atoms with Crippen LogP contribution in [0.3, 0.4) is 0 Å². The predicted octanol–water partition coefficient (Wildman–Crippen LogP) is 20.6. The molecule has 0 bridgehead atoms. The summed E-state index contributed by atoms with van der Waals surface area (Å²) in [6.45, 7) is 4.68. The Morgan fingerprint density at radius 2 is 0.727 bits per heavy atom. The van der Waals surface area contributed by atoms with Crippen LogP contribution in [0.5, 0.6) is 0 Å². The molecule has 3 atom stereocenters. The number of carbonyl (C=O) groups excluding carboxylic acids is 1. The number of phosphoric acid groups is 1. The van der Waals surface area contributed by atoms with Crippen molar-refractivity contribution in [2.24, 2.45) is 0 Å². The van der Waals surface area contributed by atoms with E-state index in [1.165, 1.54) is 276 Å². The smallest absolute Gasteiger partial charge is 0.268 e. The van der Waals surface area contributed by atoms with Crippen molar-refractivity contribution >= 4 is 13.7 Å². The first-order valence-corrected chi connectivity index (χ1v) is 35.3. The molecule has 0 rings (SSSR count). The van der Waals surface area contributed by atoms with Gasteiger partial charge >= 0.3 is 0 Å². The van der Waals surface area contributed by atoms with Crippen molar-refractivity contribution in [1.29, 1.82) is 0 Å². The fraction of sp³-hybridized carbons (Fsp3) is 0.897. The lowest BCUT2D eigenvalue weighted by molar-refractivity contribution is -0.870. The first-order chi connectivity index (χ1) is 37.5. The van der Waals surface area contributed by atoms with Crippen LogP contribution in [-0.4, -0.2) is 68.5 Å². The number of rotatable bonds is 63. The molecule has 77 heavy (non-hydrogen) atoms. The molecule has 0 aliphatic rings. The van der Waals surface area contributed by atoms with Gasteiger partial charge in [0.15, 0.2) is 0 Å². The first-order valence-electron chi connectivity index (χ1n) is 33.9. The van der Waals surface area contributed by atoms with Crippen molar-refractivity contribution in [2.75, 3.05) is 40.9 Å². The van der Waals surface area contributed by atoms with Crippen molar-refractivity contribution < 1.29 is 32.9 Å². The molecule has 2 N–H and O–H groups in total. The Labute approximate surface area is 480 Å². The summed E-state index contributed by atoms with van der Waals surface area (Å²) in [7, 11) is 1.25. The molecule has 0 saturated carbocycles. The minimum atomic E-state index is -4.61. The van der Waals surface area contributed by atoms with Crippen molar-refractivity contribution in [3.63, 3.8) is 0 Å². The van der Waals surface area contributed by atoms with Crippen LogP contribution in [0.2, 0.25) is 0 Å². The lowest BCUT2D eigenvalue weighted by Crippen LogP contribution is -2.45. The van der Waals surface area contributed by atoms with Crippen LogP contribution in [0, 0.1) is 0 Å². The number of likely N-dealkylation sites (N-methyl/N-ethyl adjacent to an activating group) is 1. The number of unbranched alkanes of at least 4 members (excludes halogenated alkanes) is 46. The highest BCUT2D eigenvalue weighted by Gasteiger charge is 2.23. The quantitative estimate of drug-likeness (QED) is 0.0272. The number of nitrogens with one attached hydrogen (secondary N) is 1. The Balaban J connectivity index is 4.10. The molecule has 456 valence electrons. The van der Waals surface area contributed by atoms with Gasteiger partial charge in [-0.05, 0) is 44.9 Å². The summed E-state index contributed by atoms with van der Waals surface area (Å²) < 4.78 is 23.4. The molecule has 0 aliphatic heterocycles. The molecule has 0 fully saturated rings. The second-order valence-electron chi connectivity index (χ2n) is 24.5. The van der Waals surface area contributed by atoms with Crippen LogP contribution < -0.4 is 10.2 Å². The minimum Gasteiger partial charge on any atom is -0.756 e. The third-order valence-electron chi connectivity index (χ3n) is 15.6. The fourth-order valence-corrected chi connectivity index (χ4v) is 11.0. The van der Waals surface area contributed by atoms with E-state index >= 15 is 0 Å². The molecule has 0 radical (unpaired) electrons.